The van der Waals surface area contributed by atoms with Crippen LogP contribution in [0.25, 0.3) is 0 Å². The maximum atomic E-state index is 8.48. The van der Waals surface area contributed by atoms with E-state index in [1.807, 2.05) is 11.8 Å². The molecule has 0 aliphatic carbocycles. The van der Waals surface area contributed by atoms with Gasteiger partial charge in [-0.2, -0.15) is 23.5 Å². The van der Waals surface area contributed by atoms with Gasteiger partial charge >= 0.3 is 0 Å². The molecule has 0 aromatic rings. The molecule has 1 unspecified atom stereocenters. The van der Waals surface area contributed by atoms with Gasteiger partial charge in [-0.1, -0.05) is 0 Å². The lowest BCUT2D eigenvalue weighted by molar-refractivity contribution is 0.0940. The fraction of sp³-hybridized carbons (Fsp3) is 1.00. The first-order chi connectivity index (χ1) is 6.93. The lowest BCUT2D eigenvalue weighted by Crippen LogP contribution is -2.31. The molecular formula is C9H19NO2S2. The minimum atomic E-state index is 0.120. The van der Waals surface area contributed by atoms with E-state index in [1.54, 1.807) is 0 Å². The summed E-state index contributed by atoms with van der Waals surface area (Å²) in [7, 11) is 0. The van der Waals surface area contributed by atoms with Crippen LogP contribution < -0.4 is 5.32 Å². The van der Waals surface area contributed by atoms with E-state index < -0.39 is 0 Å². The largest absolute Gasteiger partial charge is 0.394 e. The highest BCUT2D eigenvalue weighted by molar-refractivity contribution is 8.06. The van der Waals surface area contributed by atoms with Gasteiger partial charge < -0.3 is 15.2 Å². The highest BCUT2D eigenvalue weighted by atomic mass is 32.2. The summed E-state index contributed by atoms with van der Waals surface area (Å²) in [5.41, 5.74) is 0. The highest BCUT2D eigenvalue weighted by Gasteiger charge is 2.12. The summed E-state index contributed by atoms with van der Waals surface area (Å²) in [5.74, 6) is 3.87. The summed E-state index contributed by atoms with van der Waals surface area (Å²) in [6.07, 6.45) is 0. The van der Waals surface area contributed by atoms with Crippen LogP contribution in [0.15, 0.2) is 0 Å². The molecule has 84 valence electrons. The predicted molar refractivity (Wildman–Crippen MR) is 64.3 cm³/mol. The van der Waals surface area contributed by atoms with Crippen molar-refractivity contribution in [3.63, 3.8) is 0 Å². The van der Waals surface area contributed by atoms with E-state index in [1.165, 1.54) is 17.3 Å². The number of nitrogens with one attached hydrogen (secondary N) is 1. The summed E-state index contributed by atoms with van der Waals surface area (Å²) < 4.78 is 5.15. The standard InChI is InChI=1S/C9H19NO2S2/c11-2-4-12-3-1-10-7-9-8-13-5-6-14-9/h9-11H,1-8H2. The van der Waals surface area contributed by atoms with Crippen LogP contribution in [0.2, 0.25) is 0 Å². The monoisotopic (exact) mass is 237 g/mol. The van der Waals surface area contributed by atoms with Crippen LogP contribution in [0, 0.1) is 0 Å². The third kappa shape index (κ3) is 6.14. The van der Waals surface area contributed by atoms with Crippen molar-refractivity contribution in [1.82, 2.24) is 5.32 Å². The van der Waals surface area contributed by atoms with Crippen LogP contribution in [-0.2, 0) is 4.74 Å². The van der Waals surface area contributed by atoms with Gasteiger partial charge in [0.2, 0.25) is 0 Å². The van der Waals surface area contributed by atoms with Gasteiger partial charge in [0.05, 0.1) is 19.8 Å². The van der Waals surface area contributed by atoms with Gasteiger partial charge in [-0.05, 0) is 0 Å². The fourth-order valence-electron chi connectivity index (χ4n) is 1.23. The Bertz CT molecular complexity index is 132. The number of aliphatic hydroxyl groups is 1. The summed E-state index contributed by atoms with van der Waals surface area (Å²) >= 11 is 4.12. The molecule has 0 aromatic carbocycles. The van der Waals surface area contributed by atoms with E-state index in [0.717, 1.165) is 18.3 Å². The number of aliphatic hydroxyl groups excluding tert-OH is 1. The summed E-state index contributed by atoms with van der Waals surface area (Å²) in [6, 6.07) is 0. The average molecular weight is 237 g/mol. The number of hydrogen-bond donors (Lipinski definition) is 2. The van der Waals surface area contributed by atoms with Crippen LogP contribution in [0.3, 0.4) is 0 Å². The molecule has 1 atom stereocenters. The lowest BCUT2D eigenvalue weighted by Gasteiger charge is -2.21. The van der Waals surface area contributed by atoms with Gasteiger partial charge in [-0.25, -0.2) is 0 Å². The van der Waals surface area contributed by atoms with Gasteiger partial charge in [-0.15, -0.1) is 0 Å². The van der Waals surface area contributed by atoms with E-state index in [2.05, 4.69) is 17.1 Å². The molecule has 0 saturated carbocycles. The Hall–Kier alpha value is 0.580. The quantitative estimate of drug-likeness (QED) is 0.629. The van der Waals surface area contributed by atoms with Crippen molar-refractivity contribution in [2.24, 2.45) is 0 Å². The van der Waals surface area contributed by atoms with E-state index in [4.69, 9.17) is 9.84 Å². The van der Waals surface area contributed by atoms with Gasteiger partial charge in [0.25, 0.3) is 0 Å². The van der Waals surface area contributed by atoms with Gasteiger partial charge in [0.15, 0.2) is 0 Å². The molecule has 1 rings (SSSR count). The maximum Gasteiger partial charge on any atom is 0.0698 e. The van der Waals surface area contributed by atoms with Gasteiger partial charge in [0.1, 0.15) is 0 Å². The van der Waals surface area contributed by atoms with E-state index >= 15 is 0 Å². The van der Waals surface area contributed by atoms with Gasteiger partial charge in [-0.3, -0.25) is 0 Å². The Morgan fingerprint density at radius 1 is 1.36 bits per heavy atom. The van der Waals surface area contributed by atoms with Crippen molar-refractivity contribution in [1.29, 1.82) is 0 Å². The first kappa shape index (κ1) is 12.6. The molecule has 0 radical (unpaired) electrons. The van der Waals surface area contributed by atoms with E-state index in [0.29, 0.717) is 13.2 Å². The van der Waals surface area contributed by atoms with Crippen molar-refractivity contribution in [2.75, 3.05) is 50.2 Å². The molecule has 5 heteroatoms. The molecular weight excluding hydrogens is 218 g/mol. The van der Waals surface area contributed by atoms with Crippen LogP contribution in [0.1, 0.15) is 0 Å². The van der Waals surface area contributed by atoms with E-state index in [9.17, 15) is 0 Å². The van der Waals surface area contributed by atoms with Crippen molar-refractivity contribution < 1.29 is 9.84 Å². The SMILES string of the molecule is OCCOCCNCC1CSCCS1. The number of ether oxygens (including phenoxy) is 1. The molecule has 0 bridgehead atoms. The molecule has 2 N–H and O–H groups in total. The van der Waals surface area contributed by atoms with Crippen LogP contribution in [0.4, 0.5) is 0 Å². The first-order valence-electron chi connectivity index (χ1n) is 5.02. The smallest absolute Gasteiger partial charge is 0.0698 e. The molecule has 1 heterocycles. The summed E-state index contributed by atoms with van der Waals surface area (Å²) in [4.78, 5) is 0. The Morgan fingerprint density at radius 3 is 3.00 bits per heavy atom. The average Bonchev–Trinajstić information content (AvgIpc) is 2.25. The van der Waals surface area contributed by atoms with Crippen molar-refractivity contribution in [3.05, 3.63) is 0 Å². The van der Waals surface area contributed by atoms with Crippen molar-refractivity contribution in [2.45, 2.75) is 5.25 Å². The Morgan fingerprint density at radius 2 is 2.29 bits per heavy atom. The molecule has 0 spiro atoms. The van der Waals surface area contributed by atoms with Crippen LogP contribution in [0.5, 0.6) is 0 Å². The second-order valence-electron chi connectivity index (χ2n) is 3.11. The minimum absolute atomic E-state index is 0.120. The molecule has 1 aliphatic rings. The molecule has 0 aromatic heterocycles. The molecule has 1 saturated heterocycles. The zero-order valence-corrected chi connectivity index (χ0v) is 10.0. The Labute approximate surface area is 94.4 Å². The molecule has 0 amide bonds. The summed E-state index contributed by atoms with van der Waals surface area (Å²) in [5, 5.41) is 12.6. The molecule has 1 aliphatic heterocycles. The van der Waals surface area contributed by atoms with Crippen LogP contribution >= 0.6 is 23.5 Å². The first-order valence-corrected chi connectivity index (χ1v) is 7.22. The number of thioether (sulfide) groups is 2. The second kappa shape index (κ2) is 8.85. The summed E-state index contributed by atoms with van der Waals surface area (Å²) in [6.45, 7) is 3.25. The number of hydrogen-bond acceptors (Lipinski definition) is 5. The third-order valence-corrected chi connectivity index (χ3v) is 4.76. The van der Waals surface area contributed by atoms with Crippen LogP contribution in [-0.4, -0.2) is 60.5 Å². The predicted octanol–water partition coefficient (Wildman–Crippen LogP) is 0.434. The minimum Gasteiger partial charge on any atom is -0.394 e. The topological polar surface area (TPSA) is 41.5 Å². The maximum absolute atomic E-state index is 8.48. The van der Waals surface area contributed by atoms with Crippen molar-refractivity contribution in [3.8, 4) is 0 Å². The zero-order valence-electron chi connectivity index (χ0n) is 8.41. The normalized spacial score (nSPS) is 22.5. The van der Waals surface area contributed by atoms with Gasteiger partial charge in [0, 0.05) is 35.6 Å². The zero-order chi connectivity index (χ0) is 10.1. The number of rotatable bonds is 7. The Balaban J connectivity index is 1.82. The molecule has 3 nitrogen and oxygen atoms in total. The second-order valence-corrected chi connectivity index (χ2v) is 5.67. The third-order valence-electron chi connectivity index (χ3n) is 1.92. The lowest BCUT2D eigenvalue weighted by atomic mass is 10.4. The Kier molecular flexibility index (Phi) is 8.00. The van der Waals surface area contributed by atoms with E-state index in [-0.39, 0.29) is 6.61 Å². The highest BCUT2D eigenvalue weighted by Crippen LogP contribution is 2.22. The fourth-order valence-corrected chi connectivity index (χ4v) is 3.87. The molecule has 14 heavy (non-hydrogen) atoms. The molecule has 1 fully saturated rings. The van der Waals surface area contributed by atoms with Crippen molar-refractivity contribution >= 4 is 23.5 Å².